The van der Waals surface area contributed by atoms with Gasteiger partial charge in [0, 0.05) is 12.1 Å². The monoisotopic (exact) mass is 380 g/mol. The van der Waals surface area contributed by atoms with Gasteiger partial charge in [-0.25, -0.2) is 0 Å². The quantitative estimate of drug-likeness (QED) is 0.534. The Hall–Kier alpha value is -3.34. The molecule has 0 aliphatic heterocycles. The van der Waals surface area contributed by atoms with Crippen LogP contribution in [0.15, 0.2) is 60.7 Å². The highest BCUT2D eigenvalue weighted by atomic mass is 16.5. The second kappa shape index (κ2) is 9.04. The van der Waals surface area contributed by atoms with Crippen LogP contribution in [0, 0.1) is 0 Å². The van der Waals surface area contributed by atoms with Crippen molar-refractivity contribution in [3.63, 3.8) is 0 Å². The van der Waals surface area contributed by atoms with Crippen LogP contribution in [0.1, 0.15) is 23.1 Å². The van der Waals surface area contributed by atoms with E-state index in [9.17, 15) is 15.3 Å². The molecule has 0 saturated carbocycles. The zero-order chi connectivity index (χ0) is 19.9. The van der Waals surface area contributed by atoms with Crippen molar-refractivity contribution in [1.29, 1.82) is 0 Å². The van der Waals surface area contributed by atoms with Gasteiger partial charge in [-0.2, -0.15) is 0 Å². The zero-order valence-electron chi connectivity index (χ0n) is 15.8. The largest absolute Gasteiger partial charge is 0.508 e. The molecule has 0 bridgehead atoms. The molecular weight excluding hydrogens is 356 g/mol. The van der Waals surface area contributed by atoms with Gasteiger partial charge in [0.1, 0.15) is 35.4 Å². The minimum absolute atomic E-state index is 0.0455. The van der Waals surface area contributed by atoms with Crippen molar-refractivity contribution in [3.8, 4) is 28.7 Å². The fourth-order valence-electron chi connectivity index (χ4n) is 2.97. The van der Waals surface area contributed by atoms with Gasteiger partial charge in [0.05, 0.1) is 7.11 Å². The first-order chi connectivity index (χ1) is 13.5. The van der Waals surface area contributed by atoms with E-state index in [1.807, 2.05) is 36.4 Å². The van der Waals surface area contributed by atoms with Gasteiger partial charge in [-0.05, 0) is 60.2 Å². The second-order valence-electron chi connectivity index (χ2n) is 6.59. The molecule has 28 heavy (non-hydrogen) atoms. The highest BCUT2D eigenvalue weighted by Crippen LogP contribution is 2.28. The van der Waals surface area contributed by atoms with E-state index < -0.39 is 0 Å². The zero-order valence-corrected chi connectivity index (χ0v) is 15.8. The van der Waals surface area contributed by atoms with Crippen molar-refractivity contribution in [2.75, 3.05) is 7.11 Å². The lowest BCUT2D eigenvalue weighted by Crippen LogP contribution is -1.96. The standard InChI is InChI=1S/C23H24O5/c1-27-20-10-5-16(6-11-20)15-28-21-12-8-18(23(26)14-21)4-2-3-17-7-9-19(24)13-22(17)25/h5-14,24-26H,2-4,15H2,1H3. The topological polar surface area (TPSA) is 79.2 Å². The molecule has 0 atom stereocenters. The second-order valence-corrected chi connectivity index (χ2v) is 6.59. The maximum absolute atomic E-state index is 10.3. The van der Waals surface area contributed by atoms with Crippen molar-refractivity contribution in [2.24, 2.45) is 0 Å². The number of phenols is 3. The summed E-state index contributed by atoms with van der Waals surface area (Å²) in [7, 11) is 1.63. The summed E-state index contributed by atoms with van der Waals surface area (Å²) in [5.41, 5.74) is 2.62. The Morgan fingerprint density at radius 3 is 1.93 bits per heavy atom. The van der Waals surface area contributed by atoms with Gasteiger partial charge in [-0.3, -0.25) is 0 Å². The van der Waals surface area contributed by atoms with Crippen molar-refractivity contribution in [2.45, 2.75) is 25.9 Å². The predicted molar refractivity (Wildman–Crippen MR) is 107 cm³/mol. The van der Waals surface area contributed by atoms with Gasteiger partial charge in [0.25, 0.3) is 0 Å². The number of benzene rings is 3. The molecule has 0 aliphatic rings. The maximum Gasteiger partial charge on any atom is 0.123 e. The van der Waals surface area contributed by atoms with Crippen LogP contribution in [-0.2, 0) is 19.4 Å². The summed E-state index contributed by atoms with van der Waals surface area (Å²) in [5, 5.41) is 29.4. The first-order valence-electron chi connectivity index (χ1n) is 9.13. The molecule has 0 fully saturated rings. The lowest BCUT2D eigenvalue weighted by atomic mass is 10.0. The average Bonchev–Trinajstić information content (AvgIpc) is 2.70. The van der Waals surface area contributed by atoms with Crippen LogP contribution in [0.3, 0.4) is 0 Å². The van der Waals surface area contributed by atoms with Crippen molar-refractivity contribution >= 4 is 0 Å². The van der Waals surface area contributed by atoms with E-state index >= 15 is 0 Å². The molecule has 0 aliphatic carbocycles. The molecule has 0 heterocycles. The third-order valence-corrected chi connectivity index (χ3v) is 4.58. The summed E-state index contributed by atoms with van der Waals surface area (Å²) >= 11 is 0. The fraction of sp³-hybridized carbons (Fsp3) is 0.217. The molecule has 0 aromatic heterocycles. The smallest absolute Gasteiger partial charge is 0.123 e. The summed E-state index contributed by atoms with van der Waals surface area (Å²) in [6.45, 7) is 0.406. The molecule has 0 amide bonds. The predicted octanol–water partition coefficient (Wildman–Crippen LogP) is 4.57. The van der Waals surface area contributed by atoms with Crippen LogP contribution in [0.4, 0.5) is 0 Å². The SMILES string of the molecule is COc1ccc(COc2ccc(CCCc3ccc(O)cc3O)c(O)c2)cc1. The average molecular weight is 380 g/mol. The number of rotatable bonds is 8. The van der Waals surface area contributed by atoms with E-state index in [4.69, 9.17) is 9.47 Å². The number of hydrogen-bond acceptors (Lipinski definition) is 5. The summed E-state index contributed by atoms with van der Waals surface area (Å²) < 4.78 is 10.9. The normalized spacial score (nSPS) is 10.6. The van der Waals surface area contributed by atoms with Crippen molar-refractivity contribution in [3.05, 3.63) is 77.4 Å². The molecule has 3 aromatic carbocycles. The number of hydrogen-bond donors (Lipinski definition) is 3. The van der Waals surface area contributed by atoms with Gasteiger partial charge in [-0.1, -0.05) is 24.3 Å². The van der Waals surface area contributed by atoms with Crippen molar-refractivity contribution in [1.82, 2.24) is 0 Å². The van der Waals surface area contributed by atoms with Crippen LogP contribution in [0.2, 0.25) is 0 Å². The Bertz CT molecular complexity index is 919. The van der Waals surface area contributed by atoms with Crippen LogP contribution in [-0.4, -0.2) is 22.4 Å². The third-order valence-electron chi connectivity index (χ3n) is 4.58. The van der Waals surface area contributed by atoms with E-state index in [2.05, 4.69) is 0 Å². The van der Waals surface area contributed by atoms with E-state index in [0.717, 1.165) is 28.9 Å². The summed E-state index contributed by atoms with van der Waals surface area (Å²) in [5.74, 6) is 1.73. The minimum atomic E-state index is 0.0455. The van der Waals surface area contributed by atoms with Gasteiger partial charge in [0.15, 0.2) is 0 Å². The fourth-order valence-corrected chi connectivity index (χ4v) is 2.97. The molecule has 0 spiro atoms. The summed E-state index contributed by atoms with van der Waals surface area (Å²) in [6.07, 6.45) is 2.09. The number of methoxy groups -OCH3 is 1. The number of phenolic OH excluding ortho intramolecular Hbond substituents is 3. The molecule has 0 saturated heterocycles. The molecule has 3 rings (SSSR count). The molecule has 0 unspecified atom stereocenters. The Morgan fingerprint density at radius 2 is 1.32 bits per heavy atom. The van der Waals surface area contributed by atoms with Crippen LogP contribution in [0.25, 0.3) is 0 Å². The Labute approximate surface area is 164 Å². The maximum atomic E-state index is 10.3. The first kappa shape index (κ1) is 19.4. The molecule has 0 radical (unpaired) electrons. The van der Waals surface area contributed by atoms with Gasteiger partial charge in [0.2, 0.25) is 0 Å². The lowest BCUT2D eigenvalue weighted by molar-refractivity contribution is 0.304. The molecule has 5 heteroatoms. The van der Waals surface area contributed by atoms with Gasteiger partial charge in [-0.15, -0.1) is 0 Å². The van der Waals surface area contributed by atoms with Crippen LogP contribution >= 0.6 is 0 Å². The van der Waals surface area contributed by atoms with Crippen LogP contribution < -0.4 is 9.47 Å². The van der Waals surface area contributed by atoms with Crippen LogP contribution in [0.5, 0.6) is 28.7 Å². The molecular formula is C23H24O5. The number of ether oxygens (including phenoxy) is 2. The third kappa shape index (κ3) is 5.10. The molecule has 3 N–H and O–H groups in total. The highest BCUT2D eigenvalue weighted by Gasteiger charge is 2.07. The Morgan fingerprint density at radius 1 is 0.714 bits per heavy atom. The molecule has 146 valence electrons. The molecule has 3 aromatic rings. The summed E-state index contributed by atoms with van der Waals surface area (Å²) in [6, 6.07) is 17.6. The van der Waals surface area contributed by atoms with E-state index in [-0.39, 0.29) is 17.2 Å². The lowest BCUT2D eigenvalue weighted by Gasteiger charge is -2.10. The van der Waals surface area contributed by atoms with E-state index in [1.165, 1.54) is 6.07 Å². The summed E-state index contributed by atoms with van der Waals surface area (Å²) in [4.78, 5) is 0. The molecule has 5 nitrogen and oxygen atoms in total. The van der Waals surface area contributed by atoms with Gasteiger partial charge < -0.3 is 24.8 Å². The number of aryl methyl sites for hydroxylation is 2. The van der Waals surface area contributed by atoms with E-state index in [1.54, 1.807) is 25.3 Å². The number of aromatic hydroxyl groups is 3. The minimum Gasteiger partial charge on any atom is -0.508 e. The van der Waals surface area contributed by atoms with E-state index in [0.29, 0.717) is 25.2 Å². The van der Waals surface area contributed by atoms with Gasteiger partial charge >= 0.3 is 0 Å². The first-order valence-corrected chi connectivity index (χ1v) is 9.13. The highest BCUT2D eigenvalue weighted by molar-refractivity contribution is 5.41. The Kier molecular flexibility index (Phi) is 6.27. The van der Waals surface area contributed by atoms with Crippen molar-refractivity contribution < 1.29 is 24.8 Å². The Balaban J connectivity index is 1.53.